The van der Waals surface area contributed by atoms with Crippen LogP contribution in [0.1, 0.15) is 44.4 Å². The lowest BCUT2D eigenvalue weighted by Gasteiger charge is -2.16. The zero-order valence-corrected chi connectivity index (χ0v) is 20.1. The smallest absolute Gasteiger partial charge is 0.156 e. The summed E-state index contributed by atoms with van der Waals surface area (Å²) in [5.74, 6) is 8.67. The van der Waals surface area contributed by atoms with Gasteiger partial charge in [0.2, 0.25) is 0 Å². The van der Waals surface area contributed by atoms with Crippen LogP contribution in [0.25, 0.3) is 0 Å². The monoisotopic (exact) mass is 435 g/mol. The summed E-state index contributed by atoms with van der Waals surface area (Å²) in [5, 5.41) is 3.93. The highest BCUT2D eigenvalue weighted by Crippen LogP contribution is 2.29. The first-order valence-corrected chi connectivity index (χ1v) is 10.7. The van der Waals surface area contributed by atoms with E-state index in [1.54, 1.807) is 0 Å². The van der Waals surface area contributed by atoms with Crippen molar-refractivity contribution in [2.45, 2.75) is 53.8 Å². The number of hydrogen-bond donors (Lipinski definition) is 0. The number of rotatable bonds is 9. The molecule has 0 saturated carbocycles. The predicted octanol–water partition coefficient (Wildman–Crippen LogP) is 5.87. The Hall–Kier alpha value is -3.39. The van der Waals surface area contributed by atoms with Crippen LogP contribution >= 0.6 is 0 Å². The summed E-state index contributed by atoms with van der Waals surface area (Å²) >= 11 is 0. The van der Waals surface area contributed by atoms with E-state index < -0.39 is 0 Å². The average Bonchev–Trinajstić information content (AvgIpc) is 2.76. The second-order valence-electron chi connectivity index (χ2n) is 7.46. The second kappa shape index (κ2) is 12.5. The zero-order valence-electron chi connectivity index (χ0n) is 20.1. The van der Waals surface area contributed by atoms with Crippen LogP contribution in [0.3, 0.4) is 0 Å². The standard InChI is InChI=1S/C27H33NO4/c1-8-9-16-30-26-17-19(2)27(20(3)18-26)32-22(5)11-10-21(4)31-25-14-12-24(13-15-25)23(6)28-29-7/h8-9,12-15,17-18,21-22H,16H2,1-7H3/b9-8+,28-23?. The molecule has 0 aromatic heterocycles. The van der Waals surface area contributed by atoms with Gasteiger partial charge in [0.25, 0.3) is 0 Å². The molecule has 32 heavy (non-hydrogen) atoms. The van der Waals surface area contributed by atoms with Crippen LogP contribution in [-0.2, 0) is 4.84 Å². The van der Waals surface area contributed by atoms with Crippen LogP contribution in [-0.4, -0.2) is 31.6 Å². The summed E-state index contributed by atoms with van der Waals surface area (Å²) in [6.45, 7) is 12.3. The van der Waals surface area contributed by atoms with Gasteiger partial charge in [0.05, 0.1) is 5.71 Å². The van der Waals surface area contributed by atoms with Gasteiger partial charge in [-0.05, 0) is 94.6 Å². The molecule has 0 aliphatic rings. The number of allylic oxidation sites excluding steroid dienone is 1. The van der Waals surface area contributed by atoms with Crippen LogP contribution in [0.15, 0.2) is 53.7 Å². The fourth-order valence-electron chi connectivity index (χ4n) is 3.06. The SMILES string of the molecule is C/C=C/COc1cc(C)c(OC(C)C#CC(C)Oc2ccc(C(C)=NOC)cc2)c(C)c1. The van der Waals surface area contributed by atoms with Gasteiger partial charge in [0.15, 0.2) is 12.2 Å². The van der Waals surface area contributed by atoms with E-state index in [1.807, 2.05) is 90.1 Å². The highest BCUT2D eigenvalue weighted by molar-refractivity contribution is 5.98. The molecule has 0 heterocycles. The van der Waals surface area contributed by atoms with Gasteiger partial charge < -0.3 is 19.0 Å². The first-order chi connectivity index (χ1) is 15.3. The number of benzene rings is 2. The van der Waals surface area contributed by atoms with Crippen molar-refractivity contribution in [1.29, 1.82) is 0 Å². The van der Waals surface area contributed by atoms with E-state index in [0.717, 1.165) is 39.7 Å². The summed E-state index contributed by atoms with van der Waals surface area (Å²) in [4.78, 5) is 4.81. The molecule has 0 saturated heterocycles. The van der Waals surface area contributed by atoms with E-state index >= 15 is 0 Å². The normalized spacial score (nSPS) is 13.2. The van der Waals surface area contributed by atoms with Crippen molar-refractivity contribution in [3.05, 3.63) is 65.2 Å². The predicted molar refractivity (Wildman–Crippen MR) is 130 cm³/mol. The Balaban J connectivity index is 1.97. The van der Waals surface area contributed by atoms with E-state index in [9.17, 15) is 0 Å². The molecule has 5 nitrogen and oxygen atoms in total. The molecule has 170 valence electrons. The molecular formula is C27H33NO4. The molecule has 0 radical (unpaired) electrons. The van der Waals surface area contributed by atoms with Gasteiger partial charge in [-0.15, -0.1) is 0 Å². The van der Waals surface area contributed by atoms with E-state index in [4.69, 9.17) is 19.0 Å². The lowest BCUT2D eigenvalue weighted by molar-refractivity contribution is 0.213. The fourth-order valence-corrected chi connectivity index (χ4v) is 3.06. The Bertz CT molecular complexity index is 974. The molecule has 2 rings (SSSR count). The minimum atomic E-state index is -0.275. The van der Waals surface area contributed by atoms with Crippen molar-refractivity contribution in [3.8, 4) is 29.1 Å². The number of ether oxygens (including phenoxy) is 3. The maximum Gasteiger partial charge on any atom is 0.156 e. The number of nitrogens with zero attached hydrogens (tertiary/aromatic N) is 1. The Morgan fingerprint density at radius 1 is 0.969 bits per heavy atom. The molecule has 2 aromatic carbocycles. The zero-order chi connectivity index (χ0) is 23.5. The first kappa shape index (κ1) is 24.9. The molecule has 0 fully saturated rings. The van der Waals surface area contributed by atoms with Crippen molar-refractivity contribution in [2.24, 2.45) is 5.16 Å². The van der Waals surface area contributed by atoms with Crippen LogP contribution < -0.4 is 14.2 Å². The molecule has 2 aromatic rings. The Morgan fingerprint density at radius 2 is 1.56 bits per heavy atom. The molecule has 5 heteroatoms. The van der Waals surface area contributed by atoms with Crippen molar-refractivity contribution in [2.75, 3.05) is 13.7 Å². The van der Waals surface area contributed by atoms with E-state index in [2.05, 4.69) is 17.0 Å². The minimum absolute atomic E-state index is 0.273. The van der Waals surface area contributed by atoms with Gasteiger partial charge in [-0.3, -0.25) is 0 Å². The Kier molecular flexibility index (Phi) is 9.69. The van der Waals surface area contributed by atoms with Gasteiger partial charge in [0, 0.05) is 0 Å². The molecule has 2 atom stereocenters. The lowest BCUT2D eigenvalue weighted by Crippen LogP contribution is -2.14. The van der Waals surface area contributed by atoms with E-state index in [1.165, 1.54) is 7.11 Å². The third-order valence-electron chi connectivity index (χ3n) is 4.61. The van der Waals surface area contributed by atoms with Crippen LogP contribution in [0, 0.1) is 25.7 Å². The lowest BCUT2D eigenvalue weighted by atomic mass is 10.1. The maximum absolute atomic E-state index is 6.10. The third kappa shape index (κ3) is 7.70. The molecule has 0 bridgehead atoms. The molecule has 0 N–H and O–H groups in total. The van der Waals surface area contributed by atoms with E-state index in [-0.39, 0.29) is 12.2 Å². The summed E-state index contributed by atoms with van der Waals surface area (Å²) in [6.07, 6.45) is 3.39. The molecule has 0 spiro atoms. The van der Waals surface area contributed by atoms with Crippen molar-refractivity contribution in [3.63, 3.8) is 0 Å². The third-order valence-corrected chi connectivity index (χ3v) is 4.61. The summed E-state index contributed by atoms with van der Waals surface area (Å²) in [6, 6.07) is 11.7. The quantitative estimate of drug-likeness (QED) is 0.214. The van der Waals surface area contributed by atoms with E-state index in [0.29, 0.717) is 6.61 Å². The molecule has 0 aliphatic carbocycles. The van der Waals surface area contributed by atoms with Gasteiger partial charge >= 0.3 is 0 Å². The topological polar surface area (TPSA) is 49.3 Å². The highest BCUT2D eigenvalue weighted by atomic mass is 16.6. The average molecular weight is 436 g/mol. The highest BCUT2D eigenvalue weighted by Gasteiger charge is 2.10. The Morgan fingerprint density at radius 3 is 2.12 bits per heavy atom. The largest absolute Gasteiger partial charge is 0.490 e. The Labute approximate surface area is 192 Å². The summed E-state index contributed by atoms with van der Waals surface area (Å²) in [5.41, 5.74) is 3.82. The minimum Gasteiger partial charge on any atom is -0.490 e. The molecule has 0 amide bonds. The number of oxime groups is 1. The van der Waals surface area contributed by atoms with Crippen molar-refractivity contribution >= 4 is 5.71 Å². The van der Waals surface area contributed by atoms with Crippen LogP contribution in [0.4, 0.5) is 0 Å². The van der Waals surface area contributed by atoms with Crippen LogP contribution in [0.5, 0.6) is 17.2 Å². The summed E-state index contributed by atoms with van der Waals surface area (Å²) in [7, 11) is 1.53. The molecule has 2 unspecified atom stereocenters. The van der Waals surface area contributed by atoms with Gasteiger partial charge in [-0.25, -0.2) is 0 Å². The number of aryl methyl sites for hydroxylation is 2. The van der Waals surface area contributed by atoms with Crippen molar-refractivity contribution in [1.82, 2.24) is 0 Å². The van der Waals surface area contributed by atoms with Gasteiger partial charge in [0.1, 0.15) is 31.0 Å². The first-order valence-electron chi connectivity index (χ1n) is 10.7. The molecule has 0 aliphatic heterocycles. The number of hydrogen-bond acceptors (Lipinski definition) is 5. The fraction of sp³-hybridized carbons (Fsp3) is 0.370. The van der Waals surface area contributed by atoms with Crippen LogP contribution in [0.2, 0.25) is 0 Å². The van der Waals surface area contributed by atoms with Gasteiger partial charge in [-0.2, -0.15) is 0 Å². The maximum atomic E-state index is 6.10. The van der Waals surface area contributed by atoms with Gasteiger partial charge in [-0.1, -0.05) is 29.1 Å². The summed E-state index contributed by atoms with van der Waals surface area (Å²) < 4.78 is 17.7. The molecular weight excluding hydrogens is 402 g/mol. The van der Waals surface area contributed by atoms with Crippen molar-refractivity contribution < 1.29 is 19.0 Å². The second-order valence-corrected chi connectivity index (χ2v) is 7.46.